The Labute approximate surface area is 177 Å². The van der Waals surface area contributed by atoms with Gasteiger partial charge in [0.05, 0.1) is 23.5 Å². The van der Waals surface area contributed by atoms with E-state index in [9.17, 15) is 8.78 Å². The van der Waals surface area contributed by atoms with Crippen molar-refractivity contribution in [2.24, 2.45) is 0 Å². The van der Waals surface area contributed by atoms with Crippen molar-refractivity contribution in [3.8, 4) is 5.75 Å². The fraction of sp³-hybridized carbons (Fsp3) is 0.208. The molecule has 5 aromatic rings. The molecule has 7 heteroatoms. The van der Waals surface area contributed by atoms with E-state index in [4.69, 9.17) is 10.1 Å². The molecule has 0 radical (unpaired) electrons. The van der Waals surface area contributed by atoms with Gasteiger partial charge < -0.3 is 19.6 Å². The van der Waals surface area contributed by atoms with Gasteiger partial charge in [-0.3, -0.25) is 5.41 Å². The van der Waals surface area contributed by atoms with E-state index in [1.54, 1.807) is 17.0 Å². The first-order valence-corrected chi connectivity index (χ1v) is 10.1. The fourth-order valence-corrected chi connectivity index (χ4v) is 4.08. The first-order chi connectivity index (χ1) is 14.9. The van der Waals surface area contributed by atoms with Crippen LogP contribution in [-0.4, -0.2) is 41.4 Å². The summed E-state index contributed by atoms with van der Waals surface area (Å²) in [6.07, 6.45) is 1.28. The van der Waals surface area contributed by atoms with Crippen LogP contribution in [0.4, 0.5) is 8.78 Å². The first kappa shape index (κ1) is 19.4. The smallest absolute Gasteiger partial charge is 0.167 e. The fourth-order valence-electron chi connectivity index (χ4n) is 4.08. The van der Waals surface area contributed by atoms with E-state index >= 15 is 0 Å². The van der Waals surface area contributed by atoms with Crippen LogP contribution < -0.4 is 4.74 Å². The highest BCUT2D eigenvalue weighted by molar-refractivity contribution is 6.20. The highest BCUT2D eigenvalue weighted by Gasteiger charge is 2.18. The topological polar surface area (TPSA) is 67.9 Å². The van der Waals surface area contributed by atoms with Gasteiger partial charge in [0.2, 0.25) is 0 Å². The first-order valence-electron chi connectivity index (χ1n) is 10.1. The predicted octanol–water partition coefficient (Wildman–Crippen LogP) is 5.93. The van der Waals surface area contributed by atoms with Gasteiger partial charge in [-0.25, -0.2) is 8.78 Å². The Morgan fingerprint density at radius 3 is 1.94 bits per heavy atom. The lowest BCUT2D eigenvalue weighted by molar-refractivity contribution is 0.318. The largest absolute Gasteiger partial charge is 0.489 e. The van der Waals surface area contributed by atoms with Gasteiger partial charge in [0.25, 0.3) is 0 Å². The van der Waals surface area contributed by atoms with Crippen molar-refractivity contribution >= 4 is 49.4 Å². The number of nitrogens with zero attached hydrogens (tertiary/aromatic N) is 1. The summed E-state index contributed by atoms with van der Waals surface area (Å²) in [4.78, 5) is 8.48. The summed E-state index contributed by atoms with van der Waals surface area (Å²) in [7, 11) is 3.70. The molecule has 0 spiro atoms. The molecule has 0 aliphatic carbocycles. The molecule has 0 amide bonds. The number of hydrogen-bond donors (Lipinski definition) is 3. The zero-order valence-corrected chi connectivity index (χ0v) is 17.3. The number of nitrogens with one attached hydrogen (secondary N) is 3. The molecule has 2 heterocycles. The third kappa shape index (κ3) is 3.26. The highest BCUT2D eigenvalue weighted by atomic mass is 19.1. The quantitative estimate of drug-likeness (QED) is 0.187. The second kappa shape index (κ2) is 7.27. The molecule has 158 valence electrons. The second-order valence-electron chi connectivity index (χ2n) is 7.97. The van der Waals surface area contributed by atoms with Gasteiger partial charge in [0.15, 0.2) is 5.75 Å². The number of rotatable bonds is 5. The third-order valence-electron chi connectivity index (χ3n) is 5.69. The molecule has 0 saturated heterocycles. The van der Waals surface area contributed by atoms with Gasteiger partial charge in [0.1, 0.15) is 11.6 Å². The maximum Gasteiger partial charge on any atom is 0.167 e. The Kier molecular flexibility index (Phi) is 4.54. The van der Waals surface area contributed by atoms with Crippen molar-refractivity contribution in [3.05, 3.63) is 54.1 Å². The number of aromatic amines is 2. The van der Waals surface area contributed by atoms with E-state index in [0.29, 0.717) is 31.0 Å². The molecule has 0 fully saturated rings. The minimum absolute atomic E-state index is 0.317. The lowest BCUT2D eigenvalue weighted by Crippen LogP contribution is -2.21. The van der Waals surface area contributed by atoms with Crippen LogP contribution in [0.2, 0.25) is 0 Å². The van der Waals surface area contributed by atoms with E-state index < -0.39 is 0 Å². The molecule has 2 aromatic heterocycles. The molecular formula is C24H22F2N4O. The Morgan fingerprint density at radius 2 is 1.42 bits per heavy atom. The Bertz CT molecular complexity index is 1370. The van der Waals surface area contributed by atoms with E-state index in [1.165, 1.54) is 24.3 Å². The minimum atomic E-state index is -0.317. The normalized spacial score (nSPS) is 11.7. The molecule has 5 nitrogen and oxygen atoms in total. The van der Waals surface area contributed by atoms with Gasteiger partial charge in [0, 0.05) is 53.1 Å². The summed E-state index contributed by atoms with van der Waals surface area (Å²) in [6, 6.07) is 11.2. The maximum atomic E-state index is 14.0. The van der Waals surface area contributed by atoms with Crippen LogP contribution in [0.1, 0.15) is 12.8 Å². The van der Waals surface area contributed by atoms with Crippen molar-refractivity contribution in [1.82, 2.24) is 14.9 Å². The van der Waals surface area contributed by atoms with Crippen molar-refractivity contribution in [3.63, 3.8) is 0 Å². The molecule has 0 aliphatic heterocycles. The number of hydrogen-bond acceptors (Lipinski definition) is 2. The highest BCUT2D eigenvalue weighted by Crippen LogP contribution is 2.41. The number of H-pyrrole nitrogens is 2. The van der Waals surface area contributed by atoms with Crippen LogP contribution in [0.5, 0.6) is 5.75 Å². The molecular weight excluding hydrogens is 398 g/mol. The Balaban J connectivity index is 1.68. The molecule has 0 bridgehead atoms. The minimum Gasteiger partial charge on any atom is -0.489 e. The van der Waals surface area contributed by atoms with E-state index in [-0.39, 0.29) is 11.6 Å². The lowest BCUT2D eigenvalue weighted by Gasteiger charge is -2.14. The molecule has 5 rings (SSSR count). The van der Waals surface area contributed by atoms with Crippen molar-refractivity contribution in [2.45, 2.75) is 12.8 Å². The van der Waals surface area contributed by atoms with E-state index in [0.717, 1.165) is 43.6 Å². The molecule has 0 aliphatic rings. The van der Waals surface area contributed by atoms with Crippen molar-refractivity contribution in [1.29, 1.82) is 5.41 Å². The molecule has 0 saturated carbocycles. The van der Waals surface area contributed by atoms with Gasteiger partial charge >= 0.3 is 0 Å². The number of benzene rings is 3. The number of halogens is 2. The monoisotopic (exact) mass is 420 g/mol. The summed E-state index contributed by atoms with van der Waals surface area (Å²) in [5.41, 5.74) is 3.14. The number of amidine groups is 1. The van der Waals surface area contributed by atoms with Crippen molar-refractivity contribution in [2.75, 3.05) is 20.7 Å². The van der Waals surface area contributed by atoms with E-state index in [1.807, 2.05) is 20.2 Å². The van der Waals surface area contributed by atoms with Crippen LogP contribution in [0.25, 0.3) is 43.6 Å². The Hall–Kier alpha value is -3.61. The predicted molar refractivity (Wildman–Crippen MR) is 121 cm³/mol. The SMILES string of the molecule is CN(C)C(=N)CCCOc1c2[nH]c3ccc(F)cc3c2cc2c1[nH]c1ccc(F)cc12. The maximum absolute atomic E-state index is 14.0. The molecule has 0 atom stereocenters. The van der Waals surface area contributed by atoms with E-state index in [2.05, 4.69) is 9.97 Å². The molecule has 0 unspecified atom stereocenters. The zero-order chi connectivity index (χ0) is 21.7. The standard InChI is InChI=1S/C24H22F2N4O/c1-30(2)21(27)4-3-9-31-24-22-17(15-10-13(25)5-7-19(15)28-22)12-18-16-11-14(26)6-8-20(16)29-23(18)24/h5-8,10-12,27-29H,3-4,9H2,1-2H3. The summed E-state index contributed by atoms with van der Waals surface area (Å²) >= 11 is 0. The summed E-state index contributed by atoms with van der Waals surface area (Å²) in [5.74, 6) is 0.525. The van der Waals surface area contributed by atoms with Gasteiger partial charge in [-0.1, -0.05) is 0 Å². The molecule has 31 heavy (non-hydrogen) atoms. The number of ether oxygens (including phenoxy) is 1. The second-order valence-corrected chi connectivity index (χ2v) is 7.97. The van der Waals surface area contributed by atoms with Crippen LogP contribution >= 0.6 is 0 Å². The van der Waals surface area contributed by atoms with Crippen LogP contribution in [0.15, 0.2) is 42.5 Å². The Morgan fingerprint density at radius 1 is 0.871 bits per heavy atom. The zero-order valence-electron chi connectivity index (χ0n) is 17.3. The average molecular weight is 420 g/mol. The molecule has 3 N–H and O–H groups in total. The van der Waals surface area contributed by atoms with Crippen molar-refractivity contribution < 1.29 is 13.5 Å². The van der Waals surface area contributed by atoms with Crippen LogP contribution in [0.3, 0.4) is 0 Å². The van der Waals surface area contributed by atoms with Crippen LogP contribution in [0, 0.1) is 17.0 Å². The molecule has 3 aromatic carbocycles. The lowest BCUT2D eigenvalue weighted by atomic mass is 10.1. The average Bonchev–Trinajstić information content (AvgIpc) is 3.28. The van der Waals surface area contributed by atoms with Gasteiger partial charge in [-0.15, -0.1) is 0 Å². The summed E-state index contributed by atoms with van der Waals surface area (Å²) in [6.45, 7) is 0.415. The summed E-state index contributed by atoms with van der Waals surface area (Å²) < 4.78 is 34.2. The van der Waals surface area contributed by atoms with Gasteiger partial charge in [-0.2, -0.15) is 0 Å². The van der Waals surface area contributed by atoms with Gasteiger partial charge in [-0.05, 0) is 48.9 Å². The number of aromatic nitrogens is 2. The third-order valence-corrected chi connectivity index (χ3v) is 5.69. The summed E-state index contributed by atoms with van der Waals surface area (Å²) in [5, 5.41) is 11.1. The van der Waals surface area contributed by atoms with Crippen LogP contribution in [-0.2, 0) is 0 Å². The number of fused-ring (bicyclic) bond motifs is 6.